The number of carbonyl (C=O) groups is 1. The first-order chi connectivity index (χ1) is 12.2. The van der Waals surface area contributed by atoms with Crippen LogP contribution in [0, 0.1) is 0 Å². The Bertz CT molecular complexity index is 919. The first-order valence-corrected chi connectivity index (χ1v) is 10.5. The minimum absolute atomic E-state index is 0.172. The van der Waals surface area contributed by atoms with Crippen molar-refractivity contribution in [3.63, 3.8) is 0 Å². The number of thioether (sulfide) groups is 1. The highest BCUT2D eigenvalue weighted by Gasteiger charge is 2.22. The van der Waals surface area contributed by atoms with Gasteiger partial charge in [0.2, 0.25) is 5.91 Å². The second kappa shape index (κ2) is 7.18. The number of anilines is 1. The lowest BCUT2D eigenvalue weighted by Gasteiger charge is -2.29. The lowest BCUT2D eigenvalue weighted by molar-refractivity contribution is -0.116. The van der Waals surface area contributed by atoms with Crippen molar-refractivity contribution in [1.29, 1.82) is 0 Å². The van der Waals surface area contributed by atoms with Crippen LogP contribution in [0.25, 0.3) is 10.2 Å². The van der Waals surface area contributed by atoms with Gasteiger partial charge in [-0.25, -0.2) is 4.98 Å². The monoisotopic (exact) mass is 368 g/mol. The van der Waals surface area contributed by atoms with Gasteiger partial charge in [0.05, 0.1) is 16.0 Å². The Balaban J connectivity index is 1.47. The molecular formula is C20H20N2OS2. The lowest BCUT2D eigenvalue weighted by atomic mass is 10.0. The topological polar surface area (TPSA) is 33.2 Å². The van der Waals surface area contributed by atoms with Crippen LogP contribution in [-0.2, 0) is 17.6 Å². The van der Waals surface area contributed by atoms with Crippen LogP contribution >= 0.6 is 23.1 Å². The Hall–Kier alpha value is -1.85. The first-order valence-electron chi connectivity index (χ1n) is 8.65. The number of hydrogen-bond donors (Lipinski definition) is 0. The van der Waals surface area contributed by atoms with Gasteiger partial charge in [0.1, 0.15) is 0 Å². The molecule has 0 unspecified atom stereocenters. The quantitative estimate of drug-likeness (QED) is 0.612. The molecule has 0 saturated heterocycles. The number of hydrogen-bond acceptors (Lipinski definition) is 4. The number of nitrogens with zero attached hydrogens (tertiary/aromatic N) is 2. The molecule has 1 aromatic heterocycles. The third-order valence-corrected chi connectivity index (χ3v) is 6.74. The molecule has 3 nitrogen and oxygen atoms in total. The zero-order chi connectivity index (χ0) is 17.2. The van der Waals surface area contributed by atoms with Crippen LogP contribution in [0.5, 0.6) is 0 Å². The zero-order valence-electron chi connectivity index (χ0n) is 14.2. The summed E-state index contributed by atoms with van der Waals surface area (Å²) in [5.74, 6) is 0.611. The molecule has 4 rings (SSSR count). The number of rotatable bonds is 4. The molecule has 1 aliphatic heterocycles. The van der Waals surface area contributed by atoms with Crippen molar-refractivity contribution in [3.05, 3.63) is 53.6 Å². The van der Waals surface area contributed by atoms with Crippen molar-refractivity contribution in [3.8, 4) is 0 Å². The fraction of sp³-hybridized carbons (Fsp3) is 0.300. The van der Waals surface area contributed by atoms with E-state index in [-0.39, 0.29) is 5.91 Å². The van der Waals surface area contributed by atoms with E-state index >= 15 is 0 Å². The predicted octanol–water partition coefficient (Wildman–Crippen LogP) is 4.93. The van der Waals surface area contributed by atoms with Gasteiger partial charge in [0.15, 0.2) is 4.34 Å². The van der Waals surface area contributed by atoms with E-state index < -0.39 is 0 Å². The smallest absolute Gasteiger partial charge is 0.237 e. The van der Waals surface area contributed by atoms with Crippen LogP contribution in [0.4, 0.5) is 5.69 Å². The summed E-state index contributed by atoms with van der Waals surface area (Å²) in [5, 5.41) is 0. The van der Waals surface area contributed by atoms with Crippen molar-refractivity contribution >= 4 is 44.9 Å². The Labute approximate surface area is 156 Å². The highest BCUT2D eigenvalue weighted by atomic mass is 32.2. The van der Waals surface area contributed by atoms with Gasteiger partial charge in [-0.05, 0) is 48.6 Å². The van der Waals surface area contributed by atoms with Crippen molar-refractivity contribution in [2.75, 3.05) is 17.2 Å². The van der Waals surface area contributed by atoms with Crippen LogP contribution in [-0.4, -0.2) is 23.2 Å². The molecule has 25 heavy (non-hydrogen) atoms. The summed E-state index contributed by atoms with van der Waals surface area (Å²) in [6, 6.07) is 14.7. The molecule has 0 N–H and O–H groups in total. The fourth-order valence-corrected chi connectivity index (χ4v) is 5.15. The van der Waals surface area contributed by atoms with Crippen LogP contribution in [0.3, 0.4) is 0 Å². The summed E-state index contributed by atoms with van der Waals surface area (Å²) < 4.78 is 2.16. The van der Waals surface area contributed by atoms with Crippen molar-refractivity contribution in [2.45, 2.75) is 30.5 Å². The molecule has 1 aliphatic rings. The Kier molecular flexibility index (Phi) is 4.77. The SMILES string of the molecule is CCc1ccc2sc(SCC(=O)N3CCCc4ccccc43)nc2c1. The summed E-state index contributed by atoms with van der Waals surface area (Å²) in [6.07, 6.45) is 3.11. The fourth-order valence-electron chi connectivity index (χ4n) is 3.23. The largest absolute Gasteiger partial charge is 0.311 e. The maximum atomic E-state index is 12.7. The summed E-state index contributed by atoms with van der Waals surface area (Å²) in [7, 11) is 0. The maximum absolute atomic E-state index is 12.7. The molecule has 0 fully saturated rings. The number of amides is 1. The molecule has 0 spiro atoms. The van der Waals surface area contributed by atoms with E-state index in [4.69, 9.17) is 4.98 Å². The minimum Gasteiger partial charge on any atom is -0.311 e. The van der Waals surface area contributed by atoms with Gasteiger partial charge in [-0.15, -0.1) is 11.3 Å². The maximum Gasteiger partial charge on any atom is 0.237 e. The molecule has 5 heteroatoms. The minimum atomic E-state index is 0.172. The molecule has 1 amide bonds. The normalized spacial score (nSPS) is 13.9. The van der Waals surface area contributed by atoms with Crippen molar-refractivity contribution in [1.82, 2.24) is 4.98 Å². The summed E-state index contributed by atoms with van der Waals surface area (Å²) in [6.45, 7) is 2.97. The number of thiazole rings is 1. The van der Waals surface area contributed by atoms with Gasteiger partial charge in [-0.1, -0.05) is 43.0 Å². The second-order valence-corrected chi connectivity index (χ2v) is 8.45. The molecule has 2 aromatic carbocycles. The van der Waals surface area contributed by atoms with E-state index in [1.54, 1.807) is 23.1 Å². The Morgan fingerprint density at radius 3 is 3.04 bits per heavy atom. The van der Waals surface area contributed by atoms with Crippen molar-refractivity contribution < 1.29 is 4.79 Å². The standard InChI is InChI=1S/C20H20N2OS2/c1-2-14-9-10-18-16(12-14)21-20(25-18)24-13-19(23)22-11-5-7-15-6-3-4-8-17(15)22/h3-4,6,8-10,12H,2,5,7,11,13H2,1H3. The third-order valence-electron chi connectivity index (χ3n) is 4.57. The highest BCUT2D eigenvalue weighted by molar-refractivity contribution is 8.01. The summed E-state index contributed by atoms with van der Waals surface area (Å²) in [4.78, 5) is 19.4. The van der Waals surface area contributed by atoms with Gasteiger partial charge in [-0.2, -0.15) is 0 Å². The van der Waals surface area contributed by atoms with Crippen molar-refractivity contribution in [2.24, 2.45) is 0 Å². The number of aryl methyl sites for hydroxylation is 2. The molecular weight excluding hydrogens is 348 g/mol. The number of aromatic nitrogens is 1. The molecule has 0 aliphatic carbocycles. The summed E-state index contributed by atoms with van der Waals surface area (Å²) in [5.41, 5.74) is 4.70. The molecule has 0 bridgehead atoms. The molecule has 128 valence electrons. The van der Waals surface area contributed by atoms with Gasteiger partial charge >= 0.3 is 0 Å². The van der Waals surface area contributed by atoms with Crippen LogP contribution in [0.1, 0.15) is 24.5 Å². The molecule has 2 heterocycles. The van der Waals surface area contributed by atoms with E-state index in [0.29, 0.717) is 5.75 Å². The highest BCUT2D eigenvalue weighted by Crippen LogP contribution is 2.32. The van der Waals surface area contributed by atoms with Gasteiger partial charge in [0.25, 0.3) is 0 Å². The van der Waals surface area contributed by atoms with E-state index in [9.17, 15) is 4.79 Å². The van der Waals surface area contributed by atoms with Crippen LogP contribution in [0.15, 0.2) is 46.8 Å². The number of fused-ring (bicyclic) bond motifs is 2. The van der Waals surface area contributed by atoms with E-state index in [2.05, 4.69) is 37.3 Å². The first kappa shape index (κ1) is 16.6. The lowest BCUT2D eigenvalue weighted by Crippen LogP contribution is -2.36. The van der Waals surface area contributed by atoms with Crippen LogP contribution in [0.2, 0.25) is 0 Å². The Morgan fingerprint density at radius 1 is 1.28 bits per heavy atom. The zero-order valence-corrected chi connectivity index (χ0v) is 15.8. The number of benzene rings is 2. The van der Waals surface area contributed by atoms with Gasteiger partial charge in [0, 0.05) is 12.2 Å². The van der Waals surface area contributed by atoms with E-state index in [1.807, 2.05) is 17.0 Å². The average Bonchev–Trinajstić information content (AvgIpc) is 3.07. The van der Waals surface area contributed by atoms with E-state index in [1.165, 1.54) is 15.8 Å². The molecule has 3 aromatic rings. The summed E-state index contributed by atoms with van der Waals surface area (Å²) >= 11 is 3.22. The predicted molar refractivity (Wildman–Crippen MR) is 107 cm³/mol. The second-order valence-electron chi connectivity index (χ2n) is 6.20. The molecule has 0 radical (unpaired) electrons. The molecule has 0 atom stereocenters. The van der Waals surface area contributed by atoms with Crippen LogP contribution < -0.4 is 4.90 Å². The number of carbonyl (C=O) groups excluding carboxylic acids is 1. The Morgan fingerprint density at radius 2 is 2.16 bits per heavy atom. The number of para-hydroxylation sites is 1. The average molecular weight is 369 g/mol. The van der Waals surface area contributed by atoms with E-state index in [0.717, 1.165) is 41.4 Å². The third kappa shape index (κ3) is 3.44. The van der Waals surface area contributed by atoms with Gasteiger partial charge < -0.3 is 4.90 Å². The van der Waals surface area contributed by atoms with Gasteiger partial charge in [-0.3, -0.25) is 4.79 Å². The molecule has 0 saturated carbocycles.